The van der Waals surface area contributed by atoms with E-state index in [1.54, 1.807) is 0 Å². The number of hydrogen-bond acceptors (Lipinski definition) is 1. The molecule has 0 amide bonds. The highest BCUT2D eigenvalue weighted by atomic mass is 35.5. The van der Waals surface area contributed by atoms with E-state index in [9.17, 15) is 0 Å². The third-order valence-electron chi connectivity index (χ3n) is 2.63. The molecule has 0 bridgehead atoms. The molecule has 1 nitrogen and oxygen atoms in total. The van der Waals surface area contributed by atoms with Gasteiger partial charge in [0.05, 0.1) is 11.6 Å². The average Bonchev–Trinajstić information content (AvgIpc) is 2.26. The number of ether oxygens (including phenoxy) is 1. The van der Waals surface area contributed by atoms with Crippen molar-refractivity contribution in [1.29, 1.82) is 0 Å². The summed E-state index contributed by atoms with van der Waals surface area (Å²) in [6, 6.07) is 6.04. The summed E-state index contributed by atoms with van der Waals surface area (Å²) in [5.41, 5.74) is 1.27. The molecule has 0 aromatic heterocycles. The summed E-state index contributed by atoms with van der Waals surface area (Å²) < 4.78 is 5.70. The van der Waals surface area contributed by atoms with Gasteiger partial charge in [-0.3, -0.25) is 0 Å². The van der Waals surface area contributed by atoms with E-state index in [1.165, 1.54) is 18.4 Å². The zero-order valence-electron chi connectivity index (χ0n) is 10.4. The van der Waals surface area contributed by atoms with Gasteiger partial charge in [0.25, 0.3) is 0 Å². The van der Waals surface area contributed by atoms with Crippen molar-refractivity contribution in [3.05, 3.63) is 28.8 Å². The molecule has 0 atom stereocenters. The highest BCUT2D eigenvalue weighted by Gasteiger charge is 2.05. The summed E-state index contributed by atoms with van der Waals surface area (Å²) in [5, 5.41) is 0.709. The lowest BCUT2D eigenvalue weighted by molar-refractivity contribution is 0.306. The molecule has 90 valence electrons. The molecule has 0 saturated carbocycles. The van der Waals surface area contributed by atoms with Crippen LogP contribution in [0.15, 0.2) is 18.2 Å². The van der Waals surface area contributed by atoms with Crippen LogP contribution < -0.4 is 4.74 Å². The molecule has 1 aromatic rings. The molecule has 0 aliphatic heterocycles. The molecule has 0 radical (unpaired) electrons. The Morgan fingerprint density at radius 3 is 2.62 bits per heavy atom. The van der Waals surface area contributed by atoms with Crippen LogP contribution in [-0.2, 0) is 0 Å². The fraction of sp³-hybridized carbons (Fsp3) is 0.571. The first kappa shape index (κ1) is 13.4. The van der Waals surface area contributed by atoms with E-state index in [4.69, 9.17) is 16.3 Å². The third-order valence-corrected chi connectivity index (χ3v) is 2.94. The molecule has 0 unspecified atom stereocenters. The third kappa shape index (κ3) is 4.05. The summed E-state index contributed by atoms with van der Waals surface area (Å²) in [5.74, 6) is 1.33. The van der Waals surface area contributed by atoms with Gasteiger partial charge >= 0.3 is 0 Å². The molecule has 0 aliphatic carbocycles. The van der Waals surface area contributed by atoms with E-state index in [0.717, 1.165) is 18.8 Å². The van der Waals surface area contributed by atoms with E-state index < -0.39 is 0 Å². The molecule has 2 heteroatoms. The molecule has 1 aromatic carbocycles. The molecular formula is C14H21ClO. The lowest BCUT2D eigenvalue weighted by Crippen LogP contribution is -1.98. The Balaban J connectivity index is 2.60. The molecule has 0 spiro atoms. The van der Waals surface area contributed by atoms with Crippen molar-refractivity contribution in [1.82, 2.24) is 0 Å². The molecule has 0 N–H and O–H groups in total. The van der Waals surface area contributed by atoms with Gasteiger partial charge in [-0.2, -0.15) is 0 Å². The van der Waals surface area contributed by atoms with Crippen LogP contribution in [0, 0.1) is 0 Å². The topological polar surface area (TPSA) is 9.23 Å². The fourth-order valence-corrected chi connectivity index (χ4v) is 1.70. The van der Waals surface area contributed by atoms with Crippen molar-refractivity contribution in [3.63, 3.8) is 0 Å². The van der Waals surface area contributed by atoms with Gasteiger partial charge in [0.15, 0.2) is 0 Å². The minimum atomic E-state index is 0.509. The average molecular weight is 241 g/mol. The lowest BCUT2D eigenvalue weighted by Gasteiger charge is -2.11. The molecule has 0 fully saturated rings. The molecule has 0 heterocycles. The van der Waals surface area contributed by atoms with Crippen LogP contribution in [0.3, 0.4) is 0 Å². The number of unbranched alkanes of at least 4 members (excludes halogenated alkanes) is 2. The van der Waals surface area contributed by atoms with Crippen molar-refractivity contribution < 1.29 is 4.74 Å². The quantitative estimate of drug-likeness (QED) is 0.634. The second-order valence-corrected chi connectivity index (χ2v) is 4.81. The van der Waals surface area contributed by atoms with Crippen LogP contribution in [0.2, 0.25) is 5.02 Å². The molecule has 0 aliphatic rings. The Morgan fingerprint density at radius 1 is 1.25 bits per heavy atom. The van der Waals surface area contributed by atoms with Gasteiger partial charge in [-0.1, -0.05) is 51.3 Å². The molecule has 0 saturated heterocycles. The van der Waals surface area contributed by atoms with Crippen LogP contribution in [0.4, 0.5) is 0 Å². The van der Waals surface area contributed by atoms with E-state index in [2.05, 4.69) is 32.9 Å². The first-order chi connectivity index (χ1) is 7.65. The Labute approximate surface area is 104 Å². The zero-order chi connectivity index (χ0) is 12.0. The first-order valence-corrected chi connectivity index (χ1v) is 6.45. The summed E-state index contributed by atoms with van der Waals surface area (Å²) in [7, 11) is 0. The maximum absolute atomic E-state index is 6.09. The van der Waals surface area contributed by atoms with Crippen LogP contribution in [0.1, 0.15) is 51.5 Å². The summed E-state index contributed by atoms with van der Waals surface area (Å²) in [6.07, 6.45) is 3.52. The number of rotatable bonds is 6. The summed E-state index contributed by atoms with van der Waals surface area (Å²) >= 11 is 6.09. The number of hydrogen-bond donors (Lipinski definition) is 0. The van der Waals surface area contributed by atoms with Crippen LogP contribution in [0.5, 0.6) is 5.75 Å². The predicted octanol–water partition coefficient (Wildman–Crippen LogP) is 5.03. The van der Waals surface area contributed by atoms with Crippen LogP contribution >= 0.6 is 11.6 Å². The van der Waals surface area contributed by atoms with Gasteiger partial charge in [-0.25, -0.2) is 0 Å². The van der Waals surface area contributed by atoms with E-state index in [-0.39, 0.29) is 0 Å². The summed E-state index contributed by atoms with van der Waals surface area (Å²) in [4.78, 5) is 0. The van der Waals surface area contributed by atoms with Gasteiger partial charge in [0.1, 0.15) is 5.75 Å². The highest BCUT2D eigenvalue weighted by Crippen LogP contribution is 2.28. The van der Waals surface area contributed by atoms with E-state index >= 15 is 0 Å². The number of halogens is 1. The second kappa shape index (κ2) is 6.80. The van der Waals surface area contributed by atoms with Gasteiger partial charge < -0.3 is 4.74 Å². The zero-order valence-corrected chi connectivity index (χ0v) is 11.2. The summed E-state index contributed by atoms with van der Waals surface area (Å²) in [6.45, 7) is 7.29. The Morgan fingerprint density at radius 2 is 2.00 bits per heavy atom. The van der Waals surface area contributed by atoms with Gasteiger partial charge in [-0.05, 0) is 30.0 Å². The van der Waals surface area contributed by atoms with Crippen molar-refractivity contribution >= 4 is 11.6 Å². The second-order valence-electron chi connectivity index (χ2n) is 4.40. The van der Waals surface area contributed by atoms with E-state index in [0.29, 0.717) is 10.9 Å². The molecular weight excluding hydrogens is 220 g/mol. The predicted molar refractivity (Wildman–Crippen MR) is 70.6 cm³/mol. The van der Waals surface area contributed by atoms with Gasteiger partial charge in [-0.15, -0.1) is 0 Å². The van der Waals surface area contributed by atoms with Gasteiger partial charge in [0.2, 0.25) is 0 Å². The first-order valence-electron chi connectivity index (χ1n) is 6.07. The molecule has 1 rings (SSSR count). The minimum absolute atomic E-state index is 0.509. The Kier molecular flexibility index (Phi) is 5.68. The molecule has 16 heavy (non-hydrogen) atoms. The van der Waals surface area contributed by atoms with Crippen LogP contribution in [0.25, 0.3) is 0 Å². The number of benzene rings is 1. The van der Waals surface area contributed by atoms with Gasteiger partial charge in [0, 0.05) is 0 Å². The standard InChI is InChI=1S/C14H21ClO/c1-4-5-6-9-16-14-10-12(11(2)3)7-8-13(14)15/h7-8,10-11H,4-6,9H2,1-3H3. The maximum Gasteiger partial charge on any atom is 0.138 e. The van der Waals surface area contributed by atoms with Crippen LogP contribution in [-0.4, -0.2) is 6.61 Å². The van der Waals surface area contributed by atoms with Crippen molar-refractivity contribution in [2.45, 2.75) is 46.0 Å². The monoisotopic (exact) mass is 240 g/mol. The maximum atomic E-state index is 6.09. The Bertz CT molecular complexity index is 321. The van der Waals surface area contributed by atoms with Crippen molar-refractivity contribution in [3.8, 4) is 5.75 Å². The Hall–Kier alpha value is -0.690. The smallest absolute Gasteiger partial charge is 0.138 e. The normalized spacial score (nSPS) is 10.8. The van der Waals surface area contributed by atoms with E-state index in [1.807, 2.05) is 6.07 Å². The van der Waals surface area contributed by atoms with Crippen molar-refractivity contribution in [2.75, 3.05) is 6.61 Å². The fourth-order valence-electron chi connectivity index (χ4n) is 1.52. The lowest BCUT2D eigenvalue weighted by atomic mass is 10.0. The largest absolute Gasteiger partial charge is 0.492 e. The SMILES string of the molecule is CCCCCOc1cc(C(C)C)ccc1Cl. The minimum Gasteiger partial charge on any atom is -0.492 e. The highest BCUT2D eigenvalue weighted by molar-refractivity contribution is 6.32. The van der Waals surface area contributed by atoms with Crippen molar-refractivity contribution in [2.24, 2.45) is 0 Å².